The SMILES string of the molecule is O=C(O)C1(Sc2ccc(Br)s2)CC1. The van der Waals surface area contributed by atoms with E-state index in [-0.39, 0.29) is 0 Å². The van der Waals surface area contributed by atoms with Gasteiger partial charge in [-0.1, -0.05) is 11.8 Å². The second-order valence-corrected chi connectivity index (χ2v) is 7.11. The fourth-order valence-electron chi connectivity index (χ4n) is 1.02. The Labute approximate surface area is 92.5 Å². The minimum Gasteiger partial charge on any atom is -0.480 e. The van der Waals surface area contributed by atoms with Gasteiger partial charge in [-0.2, -0.15) is 0 Å². The maximum atomic E-state index is 10.9. The van der Waals surface area contributed by atoms with E-state index in [1.165, 1.54) is 11.8 Å². The van der Waals surface area contributed by atoms with Gasteiger partial charge in [0.25, 0.3) is 0 Å². The number of carbonyl (C=O) groups is 1. The molecule has 1 N–H and O–H groups in total. The number of thioether (sulfide) groups is 1. The first-order valence-electron chi connectivity index (χ1n) is 3.80. The lowest BCUT2D eigenvalue weighted by Crippen LogP contribution is -2.16. The van der Waals surface area contributed by atoms with Crippen LogP contribution in [0.1, 0.15) is 12.8 Å². The zero-order valence-electron chi connectivity index (χ0n) is 6.62. The number of rotatable bonds is 3. The van der Waals surface area contributed by atoms with Crippen molar-refractivity contribution >= 4 is 45.0 Å². The topological polar surface area (TPSA) is 37.3 Å². The van der Waals surface area contributed by atoms with Gasteiger partial charge in [0.15, 0.2) is 0 Å². The Hall–Kier alpha value is -0.0000000000000000833. The molecule has 0 aromatic carbocycles. The lowest BCUT2D eigenvalue weighted by Gasteiger charge is -2.05. The van der Waals surface area contributed by atoms with Crippen molar-refractivity contribution in [1.82, 2.24) is 0 Å². The standard InChI is InChI=1S/C8H7BrO2S2/c9-5-1-2-6(12-5)13-8(3-4-8)7(10)11/h1-2H,3-4H2,(H,10,11). The molecule has 70 valence electrons. The molecule has 1 aliphatic rings. The van der Waals surface area contributed by atoms with Crippen molar-refractivity contribution in [3.63, 3.8) is 0 Å². The van der Waals surface area contributed by atoms with E-state index in [0.29, 0.717) is 0 Å². The van der Waals surface area contributed by atoms with Crippen molar-refractivity contribution in [2.24, 2.45) is 0 Å². The molecule has 1 aliphatic carbocycles. The molecule has 1 aromatic heterocycles. The molecule has 0 radical (unpaired) electrons. The number of hydrogen-bond acceptors (Lipinski definition) is 3. The third-order valence-corrected chi connectivity index (χ3v) is 5.17. The summed E-state index contributed by atoms with van der Waals surface area (Å²) in [5.74, 6) is -0.679. The molecule has 5 heteroatoms. The molecule has 2 nitrogen and oxygen atoms in total. The van der Waals surface area contributed by atoms with Crippen molar-refractivity contribution in [1.29, 1.82) is 0 Å². The first-order chi connectivity index (χ1) is 6.12. The van der Waals surface area contributed by atoms with Gasteiger partial charge in [0.2, 0.25) is 0 Å². The normalized spacial score (nSPS) is 18.5. The van der Waals surface area contributed by atoms with E-state index in [2.05, 4.69) is 15.9 Å². The predicted molar refractivity (Wildman–Crippen MR) is 57.5 cm³/mol. The minimum atomic E-state index is -0.679. The van der Waals surface area contributed by atoms with E-state index in [1.807, 2.05) is 12.1 Å². The largest absolute Gasteiger partial charge is 0.480 e. The fraction of sp³-hybridized carbons (Fsp3) is 0.375. The smallest absolute Gasteiger partial charge is 0.320 e. The summed E-state index contributed by atoms with van der Waals surface area (Å²) < 4.78 is 1.62. The molecule has 1 aromatic rings. The Balaban J connectivity index is 2.10. The third kappa shape index (κ3) is 1.92. The van der Waals surface area contributed by atoms with Crippen LogP contribution >= 0.6 is 39.0 Å². The molecular formula is C8H7BrO2S2. The van der Waals surface area contributed by atoms with Gasteiger partial charge in [-0.25, -0.2) is 0 Å². The van der Waals surface area contributed by atoms with Crippen LogP contribution in [0.15, 0.2) is 20.1 Å². The summed E-state index contributed by atoms with van der Waals surface area (Å²) in [6.07, 6.45) is 1.59. The molecule has 0 aliphatic heterocycles. The molecule has 0 atom stereocenters. The van der Waals surface area contributed by atoms with Crippen LogP contribution in [0.2, 0.25) is 0 Å². The molecule has 1 heterocycles. The number of carboxylic acids is 1. The molecule has 1 saturated carbocycles. The van der Waals surface area contributed by atoms with Gasteiger partial charge < -0.3 is 5.11 Å². The first-order valence-corrected chi connectivity index (χ1v) is 6.23. The van der Waals surface area contributed by atoms with Gasteiger partial charge in [0.1, 0.15) is 4.75 Å². The summed E-state index contributed by atoms with van der Waals surface area (Å²) in [4.78, 5) is 10.9. The van der Waals surface area contributed by atoms with E-state index < -0.39 is 10.7 Å². The summed E-state index contributed by atoms with van der Waals surface area (Å²) in [5.41, 5.74) is 0. The Kier molecular flexibility index (Phi) is 2.42. The van der Waals surface area contributed by atoms with E-state index in [4.69, 9.17) is 5.11 Å². The quantitative estimate of drug-likeness (QED) is 0.923. The van der Waals surface area contributed by atoms with Crippen LogP contribution < -0.4 is 0 Å². The number of carboxylic acid groups (broad SMARTS) is 1. The van der Waals surface area contributed by atoms with Crippen LogP contribution in [-0.2, 0) is 4.79 Å². The fourth-order valence-corrected chi connectivity index (χ4v) is 4.29. The molecule has 13 heavy (non-hydrogen) atoms. The van der Waals surface area contributed by atoms with E-state index in [0.717, 1.165) is 20.8 Å². The molecule has 0 bridgehead atoms. The van der Waals surface area contributed by atoms with Gasteiger partial charge in [-0.3, -0.25) is 4.79 Å². The van der Waals surface area contributed by atoms with Crippen LogP contribution in [0, 0.1) is 0 Å². The van der Waals surface area contributed by atoms with Gasteiger partial charge in [0.05, 0.1) is 8.00 Å². The average Bonchev–Trinajstić information content (AvgIpc) is 2.72. The first kappa shape index (κ1) is 9.55. The third-order valence-electron chi connectivity index (χ3n) is 1.94. The summed E-state index contributed by atoms with van der Waals surface area (Å²) in [7, 11) is 0. The number of aliphatic carboxylic acids is 1. The van der Waals surface area contributed by atoms with E-state index >= 15 is 0 Å². The average molecular weight is 279 g/mol. The zero-order chi connectivity index (χ0) is 9.47. The van der Waals surface area contributed by atoms with Crippen molar-refractivity contribution in [3.05, 3.63) is 15.9 Å². The van der Waals surface area contributed by atoms with Crippen LogP contribution in [0.5, 0.6) is 0 Å². The highest BCUT2D eigenvalue weighted by molar-refractivity contribution is 9.11. The minimum absolute atomic E-state index is 0.510. The van der Waals surface area contributed by atoms with Crippen LogP contribution in [0.4, 0.5) is 0 Å². The predicted octanol–water partition coefficient (Wildman–Crippen LogP) is 3.22. The van der Waals surface area contributed by atoms with Crippen molar-refractivity contribution < 1.29 is 9.90 Å². The zero-order valence-corrected chi connectivity index (χ0v) is 9.84. The highest BCUT2D eigenvalue weighted by Gasteiger charge is 2.51. The molecule has 1 fully saturated rings. The maximum absolute atomic E-state index is 10.9. The highest BCUT2D eigenvalue weighted by atomic mass is 79.9. The van der Waals surface area contributed by atoms with Crippen molar-refractivity contribution in [2.75, 3.05) is 0 Å². The molecule has 2 rings (SSSR count). The molecule has 0 saturated heterocycles. The summed E-state index contributed by atoms with van der Waals surface area (Å²) >= 11 is 6.42. The molecular weight excluding hydrogens is 272 g/mol. The Bertz CT molecular complexity index is 344. The van der Waals surface area contributed by atoms with Crippen LogP contribution in [-0.4, -0.2) is 15.8 Å². The number of thiophene rings is 1. The molecule has 0 spiro atoms. The van der Waals surface area contributed by atoms with E-state index in [1.54, 1.807) is 11.3 Å². The Morgan fingerprint density at radius 1 is 1.62 bits per heavy atom. The van der Waals surface area contributed by atoms with Gasteiger partial charge in [-0.15, -0.1) is 11.3 Å². The van der Waals surface area contributed by atoms with Crippen molar-refractivity contribution in [3.8, 4) is 0 Å². The number of hydrogen-bond donors (Lipinski definition) is 1. The summed E-state index contributed by atoms with van der Waals surface area (Å²) in [5, 5.41) is 8.94. The monoisotopic (exact) mass is 278 g/mol. The summed E-state index contributed by atoms with van der Waals surface area (Å²) in [6, 6.07) is 3.91. The van der Waals surface area contributed by atoms with Gasteiger partial charge in [-0.05, 0) is 40.9 Å². The second-order valence-electron chi connectivity index (χ2n) is 2.96. The van der Waals surface area contributed by atoms with Gasteiger partial charge >= 0.3 is 5.97 Å². The molecule has 0 unspecified atom stereocenters. The Morgan fingerprint density at radius 2 is 2.31 bits per heavy atom. The van der Waals surface area contributed by atoms with Gasteiger partial charge in [0, 0.05) is 0 Å². The Morgan fingerprint density at radius 3 is 2.69 bits per heavy atom. The lowest BCUT2D eigenvalue weighted by atomic mass is 10.4. The number of halogens is 1. The highest BCUT2D eigenvalue weighted by Crippen LogP contribution is 2.53. The van der Waals surface area contributed by atoms with E-state index in [9.17, 15) is 4.79 Å². The molecule has 0 amide bonds. The summed E-state index contributed by atoms with van der Waals surface area (Å²) in [6.45, 7) is 0. The second kappa shape index (κ2) is 3.29. The maximum Gasteiger partial charge on any atom is 0.320 e. The van der Waals surface area contributed by atoms with Crippen LogP contribution in [0.3, 0.4) is 0 Å². The van der Waals surface area contributed by atoms with Crippen molar-refractivity contribution in [2.45, 2.75) is 21.8 Å². The van der Waals surface area contributed by atoms with Crippen LogP contribution in [0.25, 0.3) is 0 Å². The lowest BCUT2D eigenvalue weighted by molar-refractivity contribution is -0.137.